The highest BCUT2D eigenvalue weighted by molar-refractivity contribution is 5.88. The van der Waals surface area contributed by atoms with E-state index in [9.17, 15) is 18.0 Å². The zero-order valence-electron chi connectivity index (χ0n) is 11.3. The predicted molar refractivity (Wildman–Crippen MR) is 71.5 cm³/mol. The molecule has 22 heavy (non-hydrogen) atoms. The molecule has 2 N–H and O–H groups in total. The number of methoxy groups -OCH3 is 1. The van der Waals surface area contributed by atoms with Crippen LogP contribution in [0.15, 0.2) is 30.6 Å². The maximum absolute atomic E-state index is 12.9. The molecule has 2 rings (SSSR count). The summed E-state index contributed by atoms with van der Waals surface area (Å²) < 4.78 is 44.6. The second-order valence-electron chi connectivity index (χ2n) is 4.21. The number of aromatic nitrogens is 3. The summed E-state index contributed by atoms with van der Waals surface area (Å²) in [4.78, 5) is 14.5. The lowest BCUT2D eigenvalue weighted by molar-refractivity contribution is -0.137. The fourth-order valence-electron chi connectivity index (χ4n) is 1.64. The van der Waals surface area contributed by atoms with E-state index in [1.807, 2.05) is 0 Å². The van der Waals surface area contributed by atoms with Crippen LogP contribution in [0.25, 0.3) is 17.6 Å². The van der Waals surface area contributed by atoms with Gasteiger partial charge in [0.2, 0.25) is 5.91 Å². The molecule has 0 aliphatic heterocycles. The maximum atomic E-state index is 12.9. The summed E-state index contributed by atoms with van der Waals surface area (Å²) in [5.41, 5.74) is 4.20. The smallest absolute Gasteiger partial charge is 0.416 e. The quantitative estimate of drug-likeness (QED) is 0.874. The van der Waals surface area contributed by atoms with Gasteiger partial charge >= 0.3 is 6.18 Å². The summed E-state index contributed by atoms with van der Waals surface area (Å²) in [6, 6.07) is 3.18. The third kappa shape index (κ3) is 3.62. The van der Waals surface area contributed by atoms with Crippen molar-refractivity contribution in [2.75, 3.05) is 7.11 Å². The molecule has 0 bridgehead atoms. The minimum absolute atomic E-state index is 0.0360. The second kappa shape index (κ2) is 5.88. The molecule has 0 radical (unpaired) electrons. The van der Waals surface area contributed by atoms with Crippen molar-refractivity contribution < 1.29 is 22.7 Å². The molecule has 9 heteroatoms. The lowest BCUT2D eigenvalue weighted by Crippen LogP contribution is -2.06. The largest absolute Gasteiger partial charge is 0.497 e. The van der Waals surface area contributed by atoms with Gasteiger partial charge in [0.25, 0.3) is 0 Å². The highest BCUT2D eigenvalue weighted by Crippen LogP contribution is 2.34. The fourth-order valence-corrected chi connectivity index (χ4v) is 1.64. The molecule has 0 spiro atoms. The molecule has 116 valence electrons. The first-order chi connectivity index (χ1) is 10.3. The monoisotopic (exact) mass is 312 g/mol. The molecule has 0 aliphatic carbocycles. The van der Waals surface area contributed by atoms with E-state index in [1.54, 1.807) is 0 Å². The van der Waals surface area contributed by atoms with Crippen molar-refractivity contribution in [3.63, 3.8) is 0 Å². The molecule has 1 aromatic heterocycles. The van der Waals surface area contributed by atoms with Gasteiger partial charge in [-0.25, -0.2) is 9.67 Å². The van der Waals surface area contributed by atoms with Gasteiger partial charge in [0, 0.05) is 17.8 Å². The van der Waals surface area contributed by atoms with Crippen LogP contribution in [-0.2, 0) is 11.0 Å². The molecule has 2 aromatic rings. The number of halogens is 3. The normalized spacial score (nSPS) is 11.8. The molecule has 0 fully saturated rings. The first-order valence-electron chi connectivity index (χ1n) is 5.95. The minimum atomic E-state index is -4.52. The van der Waals surface area contributed by atoms with E-state index < -0.39 is 17.6 Å². The standard InChI is InChI=1S/C13H11F3N4O2/c1-22-10-5-8(4-9(6-10)13(14,15)16)12-18-7-20(19-12)3-2-11(17)21/h2-7H,1H3,(H2,17,21)/b3-2-. The highest BCUT2D eigenvalue weighted by Gasteiger charge is 2.31. The Hall–Kier alpha value is -2.84. The number of hydrogen-bond acceptors (Lipinski definition) is 4. The Bertz CT molecular complexity index is 722. The number of hydrogen-bond donors (Lipinski definition) is 1. The van der Waals surface area contributed by atoms with Crippen LogP contribution in [0.2, 0.25) is 0 Å². The number of amides is 1. The van der Waals surface area contributed by atoms with Crippen LogP contribution in [0.5, 0.6) is 5.75 Å². The van der Waals surface area contributed by atoms with Crippen molar-refractivity contribution in [1.29, 1.82) is 0 Å². The van der Waals surface area contributed by atoms with E-state index in [0.29, 0.717) is 0 Å². The average molecular weight is 312 g/mol. The molecule has 0 saturated heterocycles. The number of ether oxygens (including phenoxy) is 1. The molecule has 1 heterocycles. The van der Waals surface area contributed by atoms with Gasteiger partial charge in [0.15, 0.2) is 5.82 Å². The number of carbonyl (C=O) groups is 1. The van der Waals surface area contributed by atoms with Crippen molar-refractivity contribution in [3.05, 3.63) is 36.2 Å². The average Bonchev–Trinajstić information content (AvgIpc) is 2.92. The molecular formula is C13H11F3N4O2. The van der Waals surface area contributed by atoms with Crippen molar-refractivity contribution in [3.8, 4) is 17.1 Å². The topological polar surface area (TPSA) is 83.0 Å². The van der Waals surface area contributed by atoms with Crippen LogP contribution >= 0.6 is 0 Å². The van der Waals surface area contributed by atoms with Gasteiger partial charge < -0.3 is 10.5 Å². The fraction of sp³-hybridized carbons (Fsp3) is 0.154. The number of nitrogens with zero attached hydrogens (tertiary/aromatic N) is 3. The van der Waals surface area contributed by atoms with Crippen LogP contribution < -0.4 is 10.5 Å². The number of alkyl halides is 3. The Labute approximate surface area is 123 Å². The first-order valence-corrected chi connectivity index (χ1v) is 5.95. The summed E-state index contributed by atoms with van der Waals surface area (Å²) in [7, 11) is 1.26. The zero-order chi connectivity index (χ0) is 16.3. The third-order valence-corrected chi connectivity index (χ3v) is 2.63. The van der Waals surface area contributed by atoms with Crippen LogP contribution in [0.4, 0.5) is 13.2 Å². The number of benzene rings is 1. The number of nitrogens with two attached hydrogens (primary N) is 1. The van der Waals surface area contributed by atoms with E-state index in [2.05, 4.69) is 10.1 Å². The molecule has 0 saturated carbocycles. The zero-order valence-corrected chi connectivity index (χ0v) is 11.3. The molecule has 0 atom stereocenters. The summed E-state index contributed by atoms with van der Waals surface area (Å²) in [5.74, 6) is -0.592. The van der Waals surface area contributed by atoms with Crippen LogP contribution in [-0.4, -0.2) is 27.8 Å². The van der Waals surface area contributed by atoms with Gasteiger partial charge in [-0.05, 0) is 18.2 Å². The summed E-state index contributed by atoms with van der Waals surface area (Å²) in [6.45, 7) is 0. The number of rotatable bonds is 4. The molecule has 1 amide bonds. The molecular weight excluding hydrogens is 301 g/mol. The van der Waals surface area contributed by atoms with E-state index in [0.717, 1.165) is 22.9 Å². The number of primary amides is 1. The van der Waals surface area contributed by atoms with Crippen molar-refractivity contribution in [2.45, 2.75) is 6.18 Å². The van der Waals surface area contributed by atoms with Gasteiger partial charge in [0.05, 0.1) is 12.7 Å². The Morgan fingerprint density at radius 1 is 1.36 bits per heavy atom. The summed E-state index contributed by atoms with van der Waals surface area (Å²) in [5, 5.41) is 3.94. The van der Waals surface area contributed by atoms with Crippen LogP contribution in [0, 0.1) is 0 Å². The molecule has 1 aromatic carbocycles. The van der Waals surface area contributed by atoms with Gasteiger partial charge in [0.1, 0.15) is 12.1 Å². The van der Waals surface area contributed by atoms with Crippen molar-refractivity contribution >= 4 is 12.1 Å². The van der Waals surface area contributed by atoms with Crippen molar-refractivity contribution in [1.82, 2.24) is 14.8 Å². The highest BCUT2D eigenvalue weighted by atomic mass is 19.4. The van der Waals surface area contributed by atoms with E-state index in [-0.39, 0.29) is 17.1 Å². The first kappa shape index (κ1) is 15.5. The van der Waals surface area contributed by atoms with Crippen LogP contribution in [0.3, 0.4) is 0 Å². The molecule has 0 unspecified atom stereocenters. The SMILES string of the molecule is COc1cc(-c2ncn(/C=C\C(N)=O)n2)cc(C(F)(F)F)c1. The second-order valence-corrected chi connectivity index (χ2v) is 4.21. The van der Waals surface area contributed by atoms with Crippen LogP contribution in [0.1, 0.15) is 5.56 Å². The number of carbonyl (C=O) groups excluding carboxylic acids is 1. The Kier molecular flexibility index (Phi) is 4.15. The lowest BCUT2D eigenvalue weighted by Gasteiger charge is -2.10. The summed E-state index contributed by atoms with van der Waals surface area (Å²) in [6.07, 6.45) is -0.992. The van der Waals surface area contributed by atoms with E-state index in [1.165, 1.54) is 25.7 Å². The van der Waals surface area contributed by atoms with Gasteiger partial charge in [-0.15, -0.1) is 5.10 Å². The van der Waals surface area contributed by atoms with E-state index >= 15 is 0 Å². The Morgan fingerprint density at radius 2 is 2.09 bits per heavy atom. The lowest BCUT2D eigenvalue weighted by atomic mass is 10.1. The molecule has 0 aliphatic rings. The van der Waals surface area contributed by atoms with Gasteiger partial charge in [-0.3, -0.25) is 4.79 Å². The maximum Gasteiger partial charge on any atom is 0.416 e. The Balaban J connectivity index is 2.42. The van der Waals surface area contributed by atoms with E-state index in [4.69, 9.17) is 10.5 Å². The van der Waals surface area contributed by atoms with Gasteiger partial charge in [-0.1, -0.05) is 0 Å². The predicted octanol–water partition coefficient (Wildman–Crippen LogP) is 1.93. The third-order valence-electron chi connectivity index (χ3n) is 2.63. The minimum Gasteiger partial charge on any atom is -0.497 e. The summed E-state index contributed by atoms with van der Waals surface area (Å²) >= 11 is 0. The van der Waals surface area contributed by atoms with Crippen molar-refractivity contribution in [2.24, 2.45) is 5.73 Å². The Morgan fingerprint density at radius 3 is 2.68 bits per heavy atom. The molecule has 6 nitrogen and oxygen atoms in total. The van der Waals surface area contributed by atoms with Gasteiger partial charge in [-0.2, -0.15) is 13.2 Å².